The van der Waals surface area contributed by atoms with Gasteiger partial charge >= 0.3 is 6.18 Å². The lowest BCUT2D eigenvalue weighted by Crippen LogP contribution is -2.38. The van der Waals surface area contributed by atoms with Gasteiger partial charge < -0.3 is 4.98 Å². The molecular weight excluding hydrogens is 401 g/mol. The van der Waals surface area contributed by atoms with Gasteiger partial charge in [0.2, 0.25) is 10.0 Å². The van der Waals surface area contributed by atoms with Crippen LogP contribution in [0.4, 0.5) is 13.2 Å². The molecule has 0 spiro atoms. The molecule has 0 amide bonds. The van der Waals surface area contributed by atoms with E-state index >= 15 is 0 Å². The van der Waals surface area contributed by atoms with E-state index in [4.69, 9.17) is 0 Å². The van der Waals surface area contributed by atoms with Crippen LogP contribution in [0.1, 0.15) is 35.4 Å². The van der Waals surface area contributed by atoms with E-state index < -0.39 is 27.5 Å². The molecular formula is C21H21F3N2O2S. The zero-order valence-corrected chi connectivity index (χ0v) is 16.4. The highest BCUT2D eigenvalue weighted by Crippen LogP contribution is 2.34. The molecule has 0 atom stereocenters. The number of alkyl halides is 3. The number of hydrogen-bond donors (Lipinski definition) is 1. The van der Waals surface area contributed by atoms with Crippen molar-refractivity contribution in [2.75, 3.05) is 13.1 Å². The van der Waals surface area contributed by atoms with Crippen LogP contribution in [0.3, 0.4) is 0 Å². The van der Waals surface area contributed by atoms with Crippen LogP contribution in [-0.4, -0.2) is 30.8 Å². The molecule has 1 aliphatic heterocycles. The molecule has 4 nitrogen and oxygen atoms in total. The first-order valence-corrected chi connectivity index (χ1v) is 11.0. The predicted octanol–water partition coefficient (Wildman–Crippen LogP) is 4.90. The normalized spacial score (nSPS) is 17.1. The summed E-state index contributed by atoms with van der Waals surface area (Å²) in [5.74, 6) is -0.166. The Morgan fingerprint density at radius 1 is 1.03 bits per heavy atom. The number of sulfonamides is 1. The lowest BCUT2D eigenvalue weighted by Gasteiger charge is -2.31. The van der Waals surface area contributed by atoms with E-state index in [0.29, 0.717) is 25.9 Å². The number of benzene rings is 2. The lowest BCUT2D eigenvalue weighted by molar-refractivity contribution is -0.137. The van der Waals surface area contributed by atoms with Crippen molar-refractivity contribution in [3.63, 3.8) is 0 Å². The quantitative estimate of drug-likeness (QED) is 0.651. The summed E-state index contributed by atoms with van der Waals surface area (Å²) in [6.07, 6.45) is -1.13. The van der Waals surface area contributed by atoms with Crippen LogP contribution >= 0.6 is 0 Å². The number of halogens is 3. The van der Waals surface area contributed by atoms with Crippen LogP contribution < -0.4 is 0 Å². The second kappa shape index (κ2) is 7.50. The smallest absolute Gasteiger partial charge is 0.361 e. The van der Waals surface area contributed by atoms with Gasteiger partial charge in [0.1, 0.15) is 0 Å². The highest BCUT2D eigenvalue weighted by Gasteiger charge is 2.32. The fraction of sp³-hybridized carbons (Fsp3) is 0.333. The van der Waals surface area contributed by atoms with Crippen LogP contribution in [0.25, 0.3) is 10.9 Å². The molecule has 0 unspecified atom stereocenters. The minimum atomic E-state index is -4.49. The average molecular weight is 422 g/mol. The number of piperidine rings is 1. The Hall–Kier alpha value is -2.32. The summed E-state index contributed by atoms with van der Waals surface area (Å²) in [5, 5.41) is 1.15. The Morgan fingerprint density at radius 3 is 2.48 bits per heavy atom. The van der Waals surface area contributed by atoms with Gasteiger partial charge in [-0.25, -0.2) is 12.7 Å². The second-order valence-electron chi connectivity index (χ2n) is 7.42. The molecule has 3 aromatic rings. The van der Waals surface area contributed by atoms with Crippen molar-refractivity contribution in [2.45, 2.75) is 30.7 Å². The summed E-state index contributed by atoms with van der Waals surface area (Å²) >= 11 is 0. The van der Waals surface area contributed by atoms with Gasteiger partial charge in [-0.2, -0.15) is 13.2 Å². The van der Waals surface area contributed by atoms with E-state index in [2.05, 4.69) is 11.1 Å². The summed E-state index contributed by atoms with van der Waals surface area (Å²) in [6, 6.07) is 12.5. The van der Waals surface area contributed by atoms with Gasteiger partial charge in [-0.05, 0) is 42.0 Å². The molecule has 1 aromatic heterocycles. The van der Waals surface area contributed by atoms with Gasteiger partial charge in [0, 0.05) is 30.2 Å². The molecule has 1 saturated heterocycles. The molecule has 154 valence electrons. The Kier molecular flexibility index (Phi) is 5.16. The molecule has 4 rings (SSSR count). The van der Waals surface area contributed by atoms with E-state index in [0.717, 1.165) is 23.0 Å². The number of aromatic nitrogens is 1. The van der Waals surface area contributed by atoms with Crippen molar-refractivity contribution in [3.8, 4) is 0 Å². The Bertz CT molecular complexity index is 1110. The third kappa shape index (κ3) is 4.18. The standard InChI is InChI=1S/C21H21F3N2O2S/c22-21(23,24)17-5-3-4-15(12-17)14-29(27,28)26-10-8-16(9-11-26)19-13-25-20-7-2-1-6-18(19)20/h1-7,12-13,16,25H,8-11,14H2. The zero-order valence-electron chi connectivity index (χ0n) is 15.6. The van der Waals surface area contributed by atoms with Crippen LogP contribution in [0, 0.1) is 0 Å². The Morgan fingerprint density at radius 2 is 1.76 bits per heavy atom. The molecule has 29 heavy (non-hydrogen) atoms. The third-order valence-electron chi connectivity index (χ3n) is 5.51. The number of para-hydroxylation sites is 1. The Balaban J connectivity index is 1.45. The molecule has 1 aliphatic rings. The first-order valence-electron chi connectivity index (χ1n) is 9.44. The van der Waals surface area contributed by atoms with Gasteiger partial charge in [-0.15, -0.1) is 0 Å². The van der Waals surface area contributed by atoms with Gasteiger partial charge in [0.05, 0.1) is 11.3 Å². The van der Waals surface area contributed by atoms with Crippen molar-refractivity contribution >= 4 is 20.9 Å². The maximum atomic E-state index is 12.9. The van der Waals surface area contributed by atoms with E-state index in [1.54, 1.807) is 0 Å². The first kappa shape index (κ1) is 20.0. The van der Waals surface area contributed by atoms with Crippen molar-refractivity contribution in [1.29, 1.82) is 0 Å². The Labute approximate surface area is 167 Å². The van der Waals surface area contributed by atoms with Crippen LogP contribution in [0.15, 0.2) is 54.7 Å². The fourth-order valence-corrected chi connectivity index (χ4v) is 5.57. The molecule has 0 saturated carbocycles. The molecule has 0 radical (unpaired) electrons. The minimum absolute atomic E-state index is 0.151. The summed E-state index contributed by atoms with van der Waals surface area (Å²) in [7, 11) is -3.68. The largest absolute Gasteiger partial charge is 0.416 e. The first-order chi connectivity index (χ1) is 13.7. The third-order valence-corrected chi connectivity index (χ3v) is 7.36. The SMILES string of the molecule is O=S(=O)(Cc1cccc(C(F)(F)F)c1)N1CCC(c2c[nH]c3ccccc23)CC1. The van der Waals surface area contributed by atoms with E-state index in [1.807, 2.05) is 24.4 Å². The number of aromatic amines is 1. The molecule has 1 N–H and O–H groups in total. The van der Waals surface area contributed by atoms with Crippen molar-refractivity contribution in [3.05, 3.63) is 71.4 Å². The predicted molar refractivity (Wildman–Crippen MR) is 106 cm³/mol. The molecule has 0 aliphatic carbocycles. The van der Waals surface area contributed by atoms with E-state index in [-0.39, 0.29) is 11.5 Å². The van der Waals surface area contributed by atoms with Gasteiger partial charge in [0.25, 0.3) is 0 Å². The van der Waals surface area contributed by atoms with Crippen LogP contribution in [-0.2, 0) is 22.0 Å². The monoisotopic (exact) mass is 422 g/mol. The average Bonchev–Trinajstić information content (AvgIpc) is 3.11. The van der Waals surface area contributed by atoms with Crippen molar-refractivity contribution in [2.24, 2.45) is 0 Å². The molecule has 1 fully saturated rings. The van der Waals surface area contributed by atoms with Crippen LogP contribution in [0.2, 0.25) is 0 Å². The summed E-state index contributed by atoms with van der Waals surface area (Å²) in [5.41, 5.74) is 1.57. The van der Waals surface area contributed by atoms with E-state index in [1.165, 1.54) is 22.0 Å². The van der Waals surface area contributed by atoms with Crippen molar-refractivity contribution in [1.82, 2.24) is 9.29 Å². The van der Waals surface area contributed by atoms with E-state index in [9.17, 15) is 21.6 Å². The second-order valence-corrected chi connectivity index (χ2v) is 9.39. The zero-order chi connectivity index (χ0) is 20.6. The molecule has 8 heteroatoms. The number of rotatable bonds is 4. The van der Waals surface area contributed by atoms with Crippen molar-refractivity contribution < 1.29 is 21.6 Å². The number of fused-ring (bicyclic) bond motifs is 1. The summed E-state index contributed by atoms with van der Waals surface area (Å²) in [4.78, 5) is 3.25. The van der Waals surface area contributed by atoms with Crippen LogP contribution in [0.5, 0.6) is 0 Å². The summed E-state index contributed by atoms with van der Waals surface area (Å²) < 4.78 is 65.6. The summed E-state index contributed by atoms with van der Waals surface area (Å²) in [6.45, 7) is 0.733. The molecule has 0 bridgehead atoms. The highest BCUT2D eigenvalue weighted by molar-refractivity contribution is 7.88. The minimum Gasteiger partial charge on any atom is -0.361 e. The number of hydrogen-bond acceptors (Lipinski definition) is 2. The number of nitrogens with one attached hydrogen (secondary N) is 1. The fourth-order valence-electron chi connectivity index (χ4n) is 4.02. The lowest BCUT2D eigenvalue weighted by atomic mass is 9.90. The van der Waals surface area contributed by atoms with Gasteiger partial charge in [-0.3, -0.25) is 0 Å². The number of nitrogens with zero attached hydrogens (tertiary/aromatic N) is 1. The molecule has 2 aromatic carbocycles. The van der Waals surface area contributed by atoms with Gasteiger partial charge in [-0.1, -0.05) is 36.4 Å². The highest BCUT2D eigenvalue weighted by atomic mass is 32.2. The number of H-pyrrole nitrogens is 1. The maximum absolute atomic E-state index is 12.9. The van der Waals surface area contributed by atoms with Gasteiger partial charge in [0.15, 0.2) is 0 Å². The maximum Gasteiger partial charge on any atom is 0.416 e. The topological polar surface area (TPSA) is 53.2 Å². The molecule has 2 heterocycles.